The van der Waals surface area contributed by atoms with Crippen molar-refractivity contribution in [3.63, 3.8) is 0 Å². The molecule has 2 rings (SSSR count). The average Bonchev–Trinajstić information content (AvgIpc) is 2.30. The maximum Gasteiger partial charge on any atom is 0.0569 e. The summed E-state index contributed by atoms with van der Waals surface area (Å²) in [5.74, 6) is 0. The van der Waals surface area contributed by atoms with Gasteiger partial charge in [0.2, 0.25) is 0 Å². The Bertz CT molecular complexity index is 394. The Morgan fingerprint density at radius 2 is 2.08 bits per heavy atom. The van der Waals surface area contributed by atoms with Crippen LogP contribution in [0.3, 0.4) is 0 Å². The summed E-state index contributed by atoms with van der Waals surface area (Å²) < 4.78 is 0.940. The summed E-state index contributed by atoms with van der Waals surface area (Å²) in [6.45, 7) is 2.03. The van der Waals surface area contributed by atoms with E-state index in [0.29, 0.717) is 0 Å². The number of halogens is 2. The molecule has 0 radical (unpaired) electrons. The van der Waals surface area contributed by atoms with Crippen molar-refractivity contribution < 1.29 is 0 Å². The summed E-state index contributed by atoms with van der Waals surface area (Å²) in [5, 5.41) is 1.92. The van der Waals surface area contributed by atoms with E-state index >= 15 is 0 Å². The fraction of sp³-hybridized carbons (Fsp3) is 0.111. The van der Waals surface area contributed by atoms with Crippen LogP contribution in [0.15, 0.2) is 22.7 Å². The monoisotopic (exact) mass is 243 g/mol. The molecule has 0 bridgehead atoms. The zero-order valence-corrected chi connectivity index (χ0v) is 8.83. The second kappa shape index (κ2) is 2.79. The van der Waals surface area contributed by atoms with Gasteiger partial charge in [-0.15, -0.1) is 0 Å². The third-order valence-electron chi connectivity index (χ3n) is 1.80. The van der Waals surface area contributed by atoms with Crippen LogP contribution >= 0.6 is 27.5 Å². The fourth-order valence-corrected chi connectivity index (χ4v) is 1.80. The molecule has 0 fully saturated rings. The molecular formula is C9H7BrClN. The second-order valence-corrected chi connectivity index (χ2v) is 4.07. The number of aromatic nitrogens is 1. The smallest absolute Gasteiger partial charge is 0.0569 e. The summed E-state index contributed by atoms with van der Waals surface area (Å²) in [6, 6.07) is 6.03. The number of hydrogen-bond donors (Lipinski definition) is 1. The van der Waals surface area contributed by atoms with E-state index in [9.17, 15) is 0 Å². The van der Waals surface area contributed by atoms with Gasteiger partial charge in [-0.25, -0.2) is 0 Å². The Morgan fingerprint density at radius 3 is 2.83 bits per heavy atom. The number of fused-ring (bicyclic) bond motifs is 1. The number of benzene rings is 1. The molecule has 1 nitrogen and oxygen atoms in total. The highest BCUT2D eigenvalue weighted by atomic mass is 79.9. The molecule has 3 heteroatoms. The van der Waals surface area contributed by atoms with E-state index in [2.05, 4.69) is 27.0 Å². The van der Waals surface area contributed by atoms with Crippen molar-refractivity contribution in [1.82, 2.24) is 4.98 Å². The fourth-order valence-electron chi connectivity index (χ4n) is 1.27. The van der Waals surface area contributed by atoms with E-state index < -0.39 is 0 Å². The first-order valence-corrected chi connectivity index (χ1v) is 4.78. The Kier molecular flexibility index (Phi) is 1.89. The predicted octanol–water partition coefficient (Wildman–Crippen LogP) is 3.89. The van der Waals surface area contributed by atoms with Gasteiger partial charge >= 0.3 is 0 Å². The third kappa shape index (κ3) is 1.25. The van der Waals surface area contributed by atoms with E-state index in [4.69, 9.17) is 11.6 Å². The van der Waals surface area contributed by atoms with Crippen molar-refractivity contribution in [2.45, 2.75) is 6.92 Å². The molecule has 2 aromatic rings. The molecule has 0 saturated carbocycles. The molecule has 0 spiro atoms. The highest BCUT2D eigenvalue weighted by Crippen LogP contribution is 2.28. The molecule has 0 amide bonds. The lowest BCUT2D eigenvalue weighted by Gasteiger charge is -1.94. The summed E-state index contributed by atoms with van der Waals surface area (Å²) in [7, 11) is 0. The number of nitrogens with one attached hydrogen (secondary N) is 1. The van der Waals surface area contributed by atoms with Gasteiger partial charge in [0, 0.05) is 21.1 Å². The van der Waals surface area contributed by atoms with Crippen molar-refractivity contribution in [1.29, 1.82) is 0 Å². The Hall–Kier alpha value is -0.470. The van der Waals surface area contributed by atoms with Gasteiger partial charge in [-0.2, -0.15) is 0 Å². The van der Waals surface area contributed by atoms with Crippen LogP contribution in [0.5, 0.6) is 0 Å². The Balaban J connectivity index is 2.83. The van der Waals surface area contributed by atoms with E-state index in [0.717, 1.165) is 20.7 Å². The lowest BCUT2D eigenvalue weighted by Crippen LogP contribution is -1.71. The van der Waals surface area contributed by atoms with Crippen LogP contribution in [-0.4, -0.2) is 4.98 Å². The lowest BCUT2D eigenvalue weighted by molar-refractivity contribution is 1.30. The van der Waals surface area contributed by atoms with Crippen molar-refractivity contribution >= 4 is 38.4 Å². The predicted molar refractivity (Wildman–Crippen MR) is 55.7 cm³/mol. The first-order valence-electron chi connectivity index (χ1n) is 3.61. The maximum atomic E-state index is 5.93. The number of rotatable bonds is 0. The molecule has 1 aromatic heterocycles. The summed E-state index contributed by atoms with van der Waals surface area (Å²) in [4.78, 5) is 3.22. The van der Waals surface area contributed by atoms with E-state index in [-0.39, 0.29) is 0 Å². The van der Waals surface area contributed by atoms with Crippen molar-refractivity contribution in [3.05, 3.63) is 33.4 Å². The number of H-pyrrole nitrogens is 1. The van der Waals surface area contributed by atoms with Gasteiger partial charge in [-0.3, -0.25) is 0 Å². The van der Waals surface area contributed by atoms with Gasteiger partial charge in [0.05, 0.1) is 5.02 Å². The minimum absolute atomic E-state index is 0.740. The van der Waals surface area contributed by atoms with Gasteiger partial charge in [0.25, 0.3) is 0 Å². The van der Waals surface area contributed by atoms with Gasteiger partial charge < -0.3 is 4.98 Å². The van der Waals surface area contributed by atoms with Gasteiger partial charge in [0.1, 0.15) is 0 Å². The van der Waals surface area contributed by atoms with Gasteiger partial charge in [-0.1, -0.05) is 11.6 Å². The number of hydrogen-bond acceptors (Lipinski definition) is 0. The van der Waals surface area contributed by atoms with Crippen molar-refractivity contribution in [2.24, 2.45) is 0 Å². The van der Waals surface area contributed by atoms with E-state index in [1.807, 2.05) is 19.1 Å². The Morgan fingerprint density at radius 1 is 1.33 bits per heavy atom. The molecule has 0 aliphatic carbocycles. The summed E-state index contributed by atoms with van der Waals surface area (Å²) >= 11 is 9.31. The quantitative estimate of drug-likeness (QED) is 0.724. The minimum atomic E-state index is 0.740. The summed E-state index contributed by atoms with van der Waals surface area (Å²) in [6.07, 6.45) is 0. The van der Waals surface area contributed by atoms with Crippen LogP contribution < -0.4 is 0 Å². The first-order chi connectivity index (χ1) is 5.66. The SMILES string of the molecule is Cc1cc2cc(Br)c(Cl)cc2[nH]1. The largest absolute Gasteiger partial charge is 0.359 e. The molecule has 0 atom stereocenters. The third-order valence-corrected chi connectivity index (χ3v) is 2.99. The standard InChI is InChI=1S/C9H7BrClN/c1-5-2-6-3-7(10)8(11)4-9(6)12-5/h2-4,12H,1H3. The normalized spacial score (nSPS) is 10.9. The molecule has 0 unspecified atom stereocenters. The highest BCUT2D eigenvalue weighted by molar-refractivity contribution is 9.10. The van der Waals surface area contributed by atoms with Gasteiger partial charge in [0.15, 0.2) is 0 Å². The zero-order chi connectivity index (χ0) is 8.72. The molecule has 1 aromatic carbocycles. The minimum Gasteiger partial charge on any atom is -0.359 e. The maximum absolute atomic E-state index is 5.93. The number of aryl methyl sites for hydroxylation is 1. The molecule has 0 aliphatic heterocycles. The van der Waals surface area contributed by atoms with E-state index in [1.165, 1.54) is 5.39 Å². The molecule has 0 saturated heterocycles. The molecule has 1 heterocycles. The Labute approximate surface area is 83.9 Å². The average molecular weight is 245 g/mol. The molecule has 1 N–H and O–H groups in total. The van der Waals surface area contributed by atoms with Crippen LogP contribution in [-0.2, 0) is 0 Å². The van der Waals surface area contributed by atoms with Crippen LogP contribution in [0, 0.1) is 6.92 Å². The molecule has 12 heavy (non-hydrogen) atoms. The van der Waals surface area contributed by atoms with E-state index in [1.54, 1.807) is 0 Å². The first kappa shape index (κ1) is 8.14. The lowest BCUT2D eigenvalue weighted by atomic mass is 10.2. The number of aromatic amines is 1. The molecule has 62 valence electrons. The van der Waals surface area contributed by atoms with Crippen LogP contribution in [0.25, 0.3) is 10.9 Å². The van der Waals surface area contributed by atoms with Gasteiger partial charge in [-0.05, 0) is 41.1 Å². The topological polar surface area (TPSA) is 15.8 Å². The zero-order valence-electron chi connectivity index (χ0n) is 6.49. The molecular weight excluding hydrogens is 237 g/mol. The molecule has 0 aliphatic rings. The second-order valence-electron chi connectivity index (χ2n) is 2.81. The summed E-state index contributed by atoms with van der Waals surface area (Å²) in [5.41, 5.74) is 2.24. The highest BCUT2D eigenvalue weighted by Gasteiger charge is 2.01. The van der Waals surface area contributed by atoms with Crippen molar-refractivity contribution in [3.8, 4) is 0 Å². The van der Waals surface area contributed by atoms with Crippen LogP contribution in [0.1, 0.15) is 5.69 Å². The van der Waals surface area contributed by atoms with Crippen LogP contribution in [0.4, 0.5) is 0 Å². The van der Waals surface area contributed by atoms with Crippen LogP contribution in [0.2, 0.25) is 5.02 Å². The van der Waals surface area contributed by atoms with Crippen molar-refractivity contribution in [2.75, 3.05) is 0 Å².